The summed E-state index contributed by atoms with van der Waals surface area (Å²) < 4.78 is 51.0. The molecule has 1 aliphatic heterocycles. The zero-order chi connectivity index (χ0) is 15.0. The predicted octanol–water partition coefficient (Wildman–Crippen LogP) is 4.08. The van der Waals surface area contributed by atoms with Crippen LogP contribution in [0.25, 0.3) is 0 Å². The fourth-order valence-corrected chi connectivity index (χ4v) is 2.70. The van der Waals surface area contributed by atoms with Crippen LogP contribution in [-0.4, -0.2) is 6.54 Å². The molecule has 0 fully saturated rings. The van der Waals surface area contributed by atoms with Crippen molar-refractivity contribution >= 4 is 0 Å². The van der Waals surface area contributed by atoms with Crippen LogP contribution in [0.2, 0.25) is 0 Å². The van der Waals surface area contributed by atoms with Crippen LogP contribution >= 0.6 is 0 Å². The minimum Gasteiger partial charge on any atom is -0.306 e. The zero-order valence-corrected chi connectivity index (χ0v) is 11.0. The molecule has 110 valence electrons. The lowest BCUT2D eigenvalue weighted by molar-refractivity contribution is -0.137. The molecular weight excluding hydrogens is 282 g/mol. The van der Waals surface area contributed by atoms with Crippen molar-refractivity contribution in [2.75, 3.05) is 6.54 Å². The minimum atomic E-state index is -4.33. The first-order chi connectivity index (χ1) is 9.95. The van der Waals surface area contributed by atoms with E-state index in [0.29, 0.717) is 13.0 Å². The van der Waals surface area contributed by atoms with Gasteiger partial charge in [-0.05, 0) is 47.4 Å². The summed E-state index contributed by atoms with van der Waals surface area (Å²) in [6.45, 7) is 0.669. The number of hydrogen-bond donors (Lipinski definition) is 1. The Morgan fingerprint density at radius 1 is 1.00 bits per heavy atom. The van der Waals surface area contributed by atoms with Gasteiger partial charge in [0, 0.05) is 6.54 Å². The Morgan fingerprint density at radius 3 is 2.38 bits per heavy atom. The third kappa shape index (κ3) is 2.78. The van der Waals surface area contributed by atoms with Gasteiger partial charge in [0.2, 0.25) is 0 Å². The molecule has 1 atom stereocenters. The van der Waals surface area contributed by atoms with E-state index in [-0.39, 0.29) is 11.9 Å². The average molecular weight is 295 g/mol. The molecule has 1 N–H and O–H groups in total. The maximum atomic E-state index is 13.3. The standard InChI is InChI=1S/C16H13F4N/c17-13-5-6-14-11(9-13)7-8-21-15(14)10-1-3-12(4-2-10)16(18,19)20/h1-6,9,15,21H,7-8H2. The number of alkyl halides is 3. The van der Waals surface area contributed by atoms with E-state index in [1.54, 1.807) is 6.07 Å². The highest BCUT2D eigenvalue weighted by molar-refractivity contribution is 5.40. The highest BCUT2D eigenvalue weighted by Crippen LogP contribution is 2.33. The molecule has 21 heavy (non-hydrogen) atoms. The van der Waals surface area contributed by atoms with E-state index in [2.05, 4.69) is 5.32 Å². The number of nitrogens with one attached hydrogen (secondary N) is 1. The van der Waals surface area contributed by atoms with Crippen molar-refractivity contribution in [3.05, 3.63) is 70.5 Å². The topological polar surface area (TPSA) is 12.0 Å². The summed E-state index contributed by atoms with van der Waals surface area (Å²) in [5.41, 5.74) is 1.90. The second-order valence-corrected chi connectivity index (χ2v) is 5.10. The number of halogens is 4. The molecule has 2 aromatic carbocycles. The number of hydrogen-bond acceptors (Lipinski definition) is 1. The maximum absolute atomic E-state index is 13.3. The Balaban J connectivity index is 1.95. The van der Waals surface area contributed by atoms with Crippen LogP contribution < -0.4 is 5.32 Å². The summed E-state index contributed by atoms with van der Waals surface area (Å²) in [6.07, 6.45) is -3.62. The van der Waals surface area contributed by atoms with Crippen LogP contribution in [0.1, 0.15) is 28.3 Å². The lowest BCUT2D eigenvalue weighted by Crippen LogP contribution is -2.30. The van der Waals surface area contributed by atoms with Gasteiger partial charge in [0.1, 0.15) is 5.82 Å². The fourth-order valence-electron chi connectivity index (χ4n) is 2.70. The third-order valence-electron chi connectivity index (χ3n) is 3.73. The number of rotatable bonds is 1. The minimum absolute atomic E-state index is 0.198. The Morgan fingerprint density at radius 2 is 1.71 bits per heavy atom. The Kier molecular flexibility index (Phi) is 3.45. The summed E-state index contributed by atoms with van der Waals surface area (Å²) in [5, 5.41) is 3.27. The van der Waals surface area contributed by atoms with Crippen LogP contribution in [0.3, 0.4) is 0 Å². The number of fused-ring (bicyclic) bond motifs is 1. The van der Waals surface area contributed by atoms with Crippen molar-refractivity contribution in [1.29, 1.82) is 0 Å². The SMILES string of the molecule is Fc1ccc2c(c1)CCNC2c1ccc(C(F)(F)F)cc1. The van der Waals surface area contributed by atoms with E-state index < -0.39 is 11.7 Å². The van der Waals surface area contributed by atoms with Gasteiger partial charge in [0.25, 0.3) is 0 Å². The maximum Gasteiger partial charge on any atom is 0.416 e. The van der Waals surface area contributed by atoms with Crippen molar-refractivity contribution in [2.24, 2.45) is 0 Å². The second-order valence-electron chi connectivity index (χ2n) is 5.10. The zero-order valence-electron chi connectivity index (χ0n) is 11.0. The molecule has 0 bridgehead atoms. The molecule has 0 aliphatic carbocycles. The van der Waals surface area contributed by atoms with Crippen LogP contribution in [0.5, 0.6) is 0 Å². The average Bonchev–Trinajstić information content (AvgIpc) is 2.45. The summed E-state index contributed by atoms with van der Waals surface area (Å²) >= 11 is 0. The van der Waals surface area contributed by atoms with E-state index in [0.717, 1.165) is 28.8 Å². The van der Waals surface area contributed by atoms with Gasteiger partial charge in [-0.2, -0.15) is 13.2 Å². The van der Waals surface area contributed by atoms with Crippen LogP contribution in [0, 0.1) is 5.82 Å². The quantitative estimate of drug-likeness (QED) is 0.782. The van der Waals surface area contributed by atoms with Gasteiger partial charge in [-0.3, -0.25) is 0 Å². The summed E-state index contributed by atoms with van der Waals surface area (Å²) in [4.78, 5) is 0. The lowest BCUT2D eigenvalue weighted by Gasteiger charge is -2.27. The van der Waals surface area contributed by atoms with Crippen LogP contribution in [-0.2, 0) is 12.6 Å². The molecule has 0 spiro atoms. The van der Waals surface area contributed by atoms with Crippen molar-refractivity contribution in [2.45, 2.75) is 18.6 Å². The summed E-state index contributed by atoms with van der Waals surface area (Å²) in [6, 6.07) is 9.47. The predicted molar refractivity (Wildman–Crippen MR) is 71.4 cm³/mol. The van der Waals surface area contributed by atoms with Gasteiger partial charge in [0.05, 0.1) is 11.6 Å². The molecule has 1 heterocycles. The molecule has 1 aliphatic rings. The fraction of sp³-hybridized carbons (Fsp3) is 0.250. The molecule has 0 saturated heterocycles. The second kappa shape index (κ2) is 5.15. The van der Waals surface area contributed by atoms with E-state index in [1.165, 1.54) is 24.3 Å². The molecule has 2 aromatic rings. The largest absolute Gasteiger partial charge is 0.416 e. The van der Waals surface area contributed by atoms with Crippen LogP contribution in [0.15, 0.2) is 42.5 Å². The van der Waals surface area contributed by atoms with Gasteiger partial charge in [0.15, 0.2) is 0 Å². The van der Waals surface area contributed by atoms with Gasteiger partial charge in [-0.1, -0.05) is 18.2 Å². The Hall–Kier alpha value is -1.88. The first-order valence-electron chi connectivity index (χ1n) is 6.64. The summed E-state index contributed by atoms with van der Waals surface area (Å²) in [5.74, 6) is -0.290. The van der Waals surface area contributed by atoms with E-state index >= 15 is 0 Å². The van der Waals surface area contributed by atoms with Crippen molar-refractivity contribution < 1.29 is 17.6 Å². The molecule has 0 saturated carbocycles. The molecule has 0 amide bonds. The first-order valence-corrected chi connectivity index (χ1v) is 6.64. The van der Waals surface area contributed by atoms with Crippen molar-refractivity contribution in [3.8, 4) is 0 Å². The Labute approximate surface area is 119 Å². The molecule has 0 radical (unpaired) electrons. The highest BCUT2D eigenvalue weighted by atomic mass is 19.4. The monoisotopic (exact) mass is 295 g/mol. The van der Waals surface area contributed by atoms with E-state index in [4.69, 9.17) is 0 Å². The first kappa shape index (κ1) is 14.1. The third-order valence-corrected chi connectivity index (χ3v) is 3.73. The van der Waals surface area contributed by atoms with Gasteiger partial charge < -0.3 is 5.32 Å². The smallest absolute Gasteiger partial charge is 0.306 e. The van der Waals surface area contributed by atoms with Gasteiger partial charge in [-0.15, -0.1) is 0 Å². The highest BCUT2D eigenvalue weighted by Gasteiger charge is 2.30. The van der Waals surface area contributed by atoms with Crippen LogP contribution in [0.4, 0.5) is 17.6 Å². The molecule has 3 rings (SSSR count). The van der Waals surface area contributed by atoms with E-state index in [1.807, 2.05) is 0 Å². The molecule has 0 aromatic heterocycles. The molecular formula is C16H13F4N. The molecule has 1 unspecified atom stereocenters. The van der Waals surface area contributed by atoms with Gasteiger partial charge in [-0.25, -0.2) is 4.39 Å². The van der Waals surface area contributed by atoms with E-state index in [9.17, 15) is 17.6 Å². The number of benzene rings is 2. The molecule has 5 heteroatoms. The lowest BCUT2D eigenvalue weighted by atomic mass is 9.89. The van der Waals surface area contributed by atoms with Crippen molar-refractivity contribution in [3.63, 3.8) is 0 Å². The van der Waals surface area contributed by atoms with Gasteiger partial charge >= 0.3 is 6.18 Å². The Bertz CT molecular complexity index is 646. The summed E-state index contributed by atoms with van der Waals surface area (Å²) in [7, 11) is 0. The van der Waals surface area contributed by atoms with Crippen molar-refractivity contribution in [1.82, 2.24) is 5.32 Å². The molecule has 1 nitrogen and oxygen atoms in total. The normalized spacial score (nSPS) is 18.4.